The van der Waals surface area contributed by atoms with Gasteiger partial charge in [-0.05, 0) is 31.4 Å². The molecule has 0 radical (unpaired) electrons. The summed E-state index contributed by atoms with van der Waals surface area (Å²) in [5.41, 5.74) is 2.73. The van der Waals surface area contributed by atoms with E-state index in [2.05, 4.69) is 36.5 Å². The van der Waals surface area contributed by atoms with Crippen molar-refractivity contribution >= 4 is 22.6 Å². The molecule has 96 valence electrons. The van der Waals surface area contributed by atoms with Gasteiger partial charge in [0.2, 0.25) is 0 Å². The van der Waals surface area contributed by atoms with Crippen LogP contribution in [0, 0.1) is 6.92 Å². The molecule has 0 bridgehead atoms. The summed E-state index contributed by atoms with van der Waals surface area (Å²) in [5, 5.41) is 4.61. The lowest BCUT2D eigenvalue weighted by Gasteiger charge is -2.29. The molecule has 1 N–H and O–H groups in total. The van der Waals surface area contributed by atoms with Crippen LogP contribution < -0.4 is 5.32 Å². The number of anilines is 1. The van der Waals surface area contributed by atoms with Gasteiger partial charge in [-0.2, -0.15) is 0 Å². The largest absolute Gasteiger partial charge is 0.335 e. The van der Waals surface area contributed by atoms with Gasteiger partial charge in [0.25, 0.3) is 0 Å². The maximum atomic E-state index is 4.98. The van der Waals surface area contributed by atoms with Gasteiger partial charge < -0.3 is 5.32 Å². The number of nitrogens with zero attached hydrogens (tertiary/aromatic N) is 1. The molecule has 1 spiro atoms. The molecule has 2 aliphatic rings. The third-order valence-corrected chi connectivity index (χ3v) is 5.14. The minimum absolute atomic E-state index is 0.258. The zero-order chi connectivity index (χ0) is 12.4. The van der Waals surface area contributed by atoms with Crippen LogP contribution in [0.3, 0.4) is 0 Å². The summed E-state index contributed by atoms with van der Waals surface area (Å²) in [7, 11) is 0. The topological polar surface area (TPSA) is 24.4 Å². The van der Waals surface area contributed by atoms with Gasteiger partial charge in [-0.3, -0.25) is 4.99 Å². The number of aliphatic imine (C=N–C) groups is 1. The monoisotopic (exact) mass is 260 g/mol. The number of nitrogens with one attached hydrogen (secondary N) is 1. The van der Waals surface area contributed by atoms with Crippen molar-refractivity contribution in [2.75, 3.05) is 11.1 Å². The molecule has 0 saturated heterocycles. The summed E-state index contributed by atoms with van der Waals surface area (Å²) in [6, 6.07) is 8.42. The summed E-state index contributed by atoms with van der Waals surface area (Å²) in [4.78, 5) is 4.98. The van der Waals surface area contributed by atoms with Gasteiger partial charge in [-0.25, -0.2) is 0 Å². The van der Waals surface area contributed by atoms with Crippen LogP contribution >= 0.6 is 11.8 Å². The van der Waals surface area contributed by atoms with Crippen LogP contribution in [0.2, 0.25) is 0 Å². The van der Waals surface area contributed by atoms with E-state index >= 15 is 0 Å². The lowest BCUT2D eigenvalue weighted by atomic mass is 9.84. The maximum absolute atomic E-state index is 4.98. The van der Waals surface area contributed by atoms with E-state index in [4.69, 9.17) is 4.99 Å². The second-order valence-electron chi connectivity index (χ2n) is 5.43. The highest BCUT2D eigenvalue weighted by Crippen LogP contribution is 2.40. The van der Waals surface area contributed by atoms with Crippen molar-refractivity contribution in [3.05, 3.63) is 29.8 Å². The zero-order valence-corrected chi connectivity index (χ0v) is 11.7. The fourth-order valence-electron chi connectivity index (χ4n) is 2.84. The van der Waals surface area contributed by atoms with Crippen LogP contribution in [0.1, 0.15) is 37.7 Å². The zero-order valence-electron chi connectivity index (χ0n) is 10.9. The van der Waals surface area contributed by atoms with Crippen LogP contribution in [0.4, 0.5) is 5.69 Å². The van der Waals surface area contributed by atoms with Crippen LogP contribution in [0.25, 0.3) is 0 Å². The van der Waals surface area contributed by atoms with Crippen molar-refractivity contribution < 1.29 is 0 Å². The summed E-state index contributed by atoms with van der Waals surface area (Å²) < 4.78 is 0. The fraction of sp³-hybridized carbons (Fsp3) is 0.533. The lowest BCUT2D eigenvalue weighted by molar-refractivity contribution is 0.335. The van der Waals surface area contributed by atoms with Crippen molar-refractivity contribution in [1.82, 2.24) is 0 Å². The molecule has 18 heavy (non-hydrogen) atoms. The molecule has 0 amide bonds. The van der Waals surface area contributed by atoms with Gasteiger partial charge in [-0.1, -0.05) is 49.2 Å². The molecule has 1 aromatic rings. The second kappa shape index (κ2) is 4.96. The number of hydrogen-bond acceptors (Lipinski definition) is 3. The molecular formula is C15H20N2S. The van der Waals surface area contributed by atoms with Gasteiger partial charge >= 0.3 is 0 Å². The van der Waals surface area contributed by atoms with Gasteiger partial charge in [0.1, 0.15) is 0 Å². The van der Waals surface area contributed by atoms with E-state index < -0.39 is 0 Å². The number of amidine groups is 1. The molecule has 1 aliphatic carbocycles. The fourth-order valence-corrected chi connectivity index (χ4v) is 4.04. The maximum Gasteiger partial charge on any atom is 0.161 e. The third kappa shape index (κ3) is 2.41. The molecule has 1 aliphatic heterocycles. The number of thioether (sulfide) groups is 1. The first-order chi connectivity index (χ1) is 8.77. The number of para-hydroxylation sites is 1. The van der Waals surface area contributed by atoms with Crippen molar-refractivity contribution in [3.8, 4) is 0 Å². The Balaban J connectivity index is 1.74. The first kappa shape index (κ1) is 12.1. The van der Waals surface area contributed by atoms with Crippen LogP contribution in [-0.2, 0) is 0 Å². The van der Waals surface area contributed by atoms with E-state index in [-0.39, 0.29) is 5.54 Å². The van der Waals surface area contributed by atoms with Crippen LogP contribution in [0.5, 0.6) is 0 Å². The molecule has 1 fully saturated rings. The number of hydrogen-bond donors (Lipinski definition) is 1. The Bertz CT molecular complexity index is 461. The first-order valence-corrected chi connectivity index (χ1v) is 7.81. The molecule has 3 heteroatoms. The number of benzene rings is 1. The van der Waals surface area contributed by atoms with E-state index in [0.717, 1.165) is 5.17 Å². The average Bonchev–Trinajstić information content (AvgIpc) is 2.76. The minimum atomic E-state index is 0.258. The Morgan fingerprint density at radius 3 is 2.72 bits per heavy atom. The molecule has 1 aromatic carbocycles. The molecule has 1 heterocycles. The van der Waals surface area contributed by atoms with Crippen molar-refractivity contribution in [3.63, 3.8) is 0 Å². The van der Waals surface area contributed by atoms with E-state index in [9.17, 15) is 0 Å². The molecule has 0 atom stereocenters. The summed E-state index contributed by atoms with van der Waals surface area (Å²) >= 11 is 1.89. The van der Waals surface area contributed by atoms with Gasteiger partial charge in [-0.15, -0.1) is 0 Å². The molecular weight excluding hydrogens is 240 g/mol. The van der Waals surface area contributed by atoms with E-state index in [0.29, 0.717) is 0 Å². The predicted octanol–water partition coefficient (Wildman–Crippen LogP) is 4.21. The second-order valence-corrected chi connectivity index (χ2v) is 6.39. The van der Waals surface area contributed by atoms with Crippen molar-refractivity contribution in [2.24, 2.45) is 4.99 Å². The summed E-state index contributed by atoms with van der Waals surface area (Å²) in [6.07, 6.45) is 6.64. The Morgan fingerprint density at radius 2 is 1.94 bits per heavy atom. The van der Waals surface area contributed by atoms with Crippen molar-refractivity contribution in [2.45, 2.75) is 44.6 Å². The summed E-state index contributed by atoms with van der Waals surface area (Å²) in [6.45, 7) is 2.14. The quantitative estimate of drug-likeness (QED) is 0.818. The Kier molecular flexibility index (Phi) is 3.33. The van der Waals surface area contributed by atoms with E-state index in [1.807, 2.05) is 11.8 Å². The lowest BCUT2D eigenvalue weighted by Crippen LogP contribution is -2.29. The standard InChI is InChI=1S/C15H20N2S/c1-12-7-3-4-8-13(12)16-14-17-15(11-18-14)9-5-2-6-10-15/h3-4,7-8H,2,5-6,9-11H2,1H3,(H,16,17). The third-order valence-electron chi connectivity index (χ3n) is 3.99. The average molecular weight is 260 g/mol. The summed E-state index contributed by atoms with van der Waals surface area (Å²) in [5.74, 6) is 1.17. The van der Waals surface area contributed by atoms with Gasteiger partial charge in [0, 0.05) is 11.4 Å². The minimum Gasteiger partial charge on any atom is -0.335 e. The number of aryl methyl sites for hydroxylation is 1. The normalized spacial score (nSPS) is 21.9. The van der Waals surface area contributed by atoms with E-state index in [1.165, 1.54) is 49.1 Å². The predicted molar refractivity (Wildman–Crippen MR) is 80.5 cm³/mol. The van der Waals surface area contributed by atoms with Gasteiger partial charge in [0.15, 0.2) is 5.17 Å². The highest BCUT2D eigenvalue weighted by atomic mass is 32.2. The smallest absolute Gasteiger partial charge is 0.161 e. The van der Waals surface area contributed by atoms with E-state index in [1.54, 1.807) is 0 Å². The SMILES string of the molecule is Cc1ccccc1NC1=NC2(CCCCC2)CS1. The Hall–Kier alpha value is -0.960. The van der Waals surface area contributed by atoms with Crippen LogP contribution in [0.15, 0.2) is 29.3 Å². The van der Waals surface area contributed by atoms with Crippen LogP contribution in [-0.4, -0.2) is 16.5 Å². The highest BCUT2D eigenvalue weighted by molar-refractivity contribution is 8.14. The number of rotatable bonds is 1. The molecule has 1 saturated carbocycles. The Morgan fingerprint density at radius 1 is 1.17 bits per heavy atom. The first-order valence-electron chi connectivity index (χ1n) is 6.83. The van der Waals surface area contributed by atoms with Crippen molar-refractivity contribution in [1.29, 1.82) is 0 Å². The molecule has 2 nitrogen and oxygen atoms in total. The highest BCUT2D eigenvalue weighted by Gasteiger charge is 2.36. The van der Waals surface area contributed by atoms with Gasteiger partial charge in [0.05, 0.1) is 5.54 Å². The molecule has 0 aromatic heterocycles. The molecule has 3 rings (SSSR count). The molecule has 0 unspecified atom stereocenters. The Labute approximate surface area is 113 Å².